The Labute approximate surface area is 166 Å². The first-order chi connectivity index (χ1) is 13.0. The van der Waals surface area contributed by atoms with Gasteiger partial charge in [-0.1, -0.05) is 18.2 Å². The van der Waals surface area contributed by atoms with Gasteiger partial charge in [-0.15, -0.1) is 4.72 Å². The first-order valence-electron chi connectivity index (χ1n) is 8.85. The van der Waals surface area contributed by atoms with E-state index in [9.17, 15) is 17.7 Å². The molecule has 4 nitrogen and oxygen atoms in total. The van der Waals surface area contributed by atoms with E-state index in [2.05, 4.69) is 9.71 Å². The Balaban J connectivity index is 2.14. The molecule has 1 N–H and O–H groups in total. The van der Waals surface area contributed by atoms with Gasteiger partial charge < -0.3 is 9.29 Å². The predicted molar refractivity (Wildman–Crippen MR) is 104 cm³/mol. The Hall–Kier alpha value is -1.77. The maximum atomic E-state index is 12.7. The molecule has 2 atom stereocenters. The fourth-order valence-corrected chi connectivity index (χ4v) is 3.36. The third-order valence-electron chi connectivity index (χ3n) is 4.18. The lowest BCUT2D eigenvalue weighted by Gasteiger charge is -2.28. The summed E-state index contributed by atoms with van der Waals surface area (Å²) in [7, 11) is 1.52. The van der Waals surface area contributed by atoms with E-state index in [0.29, 0.717) is 18.7 Å². The van der Waals surface area contributed by atoms with Crippen LogP contribution in [0.5, 0.6) is 5.88 Å². The van der Waals surface area contributed by atoms with Crippen molar-refractivity contribution in [2.45, 2.75) is 50.6 Å². The normalized spacial score (nSPS) is 14.6. The van der Waals surface area contributed by atoms with E-state index in [-0.39, 0.29) is 6.04 Å². The summed E-state index contributed by atoms with van der Waals surface area (Å²) in [6, 6.07) is 8.43. The highest BCUT2D eigenvalue weighted by Gasteiger charge is 2.31. The highest BCUT2D eigenvalue weighted by molar-refractivity contribution is 7.90. The molecular formula is C20H25F3N2O2S. The second-order valence-corrected chi connectivity index (χ2v) is 9.42. The summed E-state index contributed by atoms with van der Waals surface area (Å²) in [6.45, 7) is 5.61. The Kier molecular flexibility index (Phi) is 7.36. The van der Waals surface area contributed by atoms with E-state index in [0.717, 1.165) is 23.3 Å². The lowest BCUT2D eigenvalue weighted by Crippen LogP contribution is -2.41. The van der Waals surface area contributed by atoms with Gasteiger partial charge in [0, 0.05) is 23.6 Å². The molecule has 0 fully saturated rings. The van der Waals surface area contributed by atoms with Gasteiger partial charge >= 0.3 is 6.18 Å². The van der Waals surface area contributed by atoms with Crippen LogP contribution in [0.1, 0.15) is 49.9 Å². The molecule has 0 radical (unpaired) electrons. The SMILES string of the molecule is COc1ccc(C(CCc2ccc(C(F)(F)F)cc2)N[S+]([O-])C(C)(C)C)cn1. The molecule has 0 aliphatic heterocycles. The van der Waals surface area contributed by atoms with E-state index in [4.69, 9.17) is 4.74 Å². The molecule has 2 aromatic rings. The van der Waals surface area contributed by atoms with Gasteiger partial charge in [0.05, 0.1) is 18.7 Å². The average Bonchev–Trinajstić information content (AvgIpc) is 2.64. The van der Waals surface area contributed by atoms with E-state index in [1.54, 1.807) is 12.3 Å². The molecule has 0 amide bonds. The van der Waals surface area contributed by atoms with Gasteiger partial charge in [-0.05, 0) is 56.9 Å². The topological polar surface area (TPSA) is 57.2 Å². The molecule has 154 valence electrons. The van der Waals surface area contributed by atoms with E-state index in [1.165, 1.54) is 19.2 Å². The standard InChI is InChI=1S/C20H25F3N2O2S/c1-19(2,3)28(26)25-17(15-8-12-18(27-4)24-13-15)11-7-14-5-9-16(10-6-14)20(21,22)23/h5-6,8-10,12-13,17,25H,7,11H2,1-4H3. The summed E-state index contributed by atoms with van der Waals surface area (Å²) in [5.41, 5.74) is 0.951. The molecule has 0 aliphatic rings. The van der Waals surface area contributed by atoms with Crippen LogP contribution in [0, 0.1) is 0 Å². The number of nitrogens with zero attached hydrogens (tertiary/aromatic N) is 1. The van der Waals surface area contributed by atoms with Gasteiger partial charge in [-0.3, -0.25) is 0 Å². The molecule has 1 aromatic heterocycles. The number of hydrogen-bond acceptors (Lipinski definition) is 4. The highest BCUT2D eigenvalue weighted by atomic mass is 32.2. The summed E-state index contributed by atoms with van der Waals surface area (Å²) >= 11 is -1.31. The van der Waals surface area contributed by atoms with Crippen LogP contribution >= 0.6 is 0 Å². The maximum absolute atomic E-state index is 12.7. The molecule has 0 saturated carbocycles. The Bertz CT molecular complexity index is 744. The summed E-state index contributed by atoms with van der Waals surface area (Å²) in [6.07, 6.45) is -1.60. The number of benzene rings is 1. The van der Waals surface area contributed by atoms with Crippen LogP contribution in [0.2, 0.25) is 0 Å². The largest absolute Gasteiger partial charge is 0.598 e. The predicted octanol–water partition coefficient (Wildman–Crippen LogP) is 4.83. The number of aryl methyl sites for hydroxylation is 1. The van der Waals surface area contributed by atoms with E-state index >= 15 is 0 Å². The third-order valence-corrected chi connectivity index (χ3v) is 5.79. The average molecular weight is 414 g/mol. The van der Waals surface area contributed by atoms with Gasteiger partial charge in [-0.25, -0.2) is 4.98 Å². The minimum atomic E-state index is -4.35. The molecule has 2 rings (SSSR count). The first kappa shape index (κ1) is 22.5. The monoisotopic (exact) mass is 414 g/mol. The molecule has 2 unspecified atom stereocenters. The zero-order valence-corrected chi connectivity index (χ0v) is 17.2. The Morgan fingerprint density at radius 3 is 2.21 bits per heavy atom. The van der Waals surface area contributed by atoms with Crippen molar-refractivity contribution in [1.29, 1.82) is 0 Å². The van der Waals surface area contributed by atoms with Gasteiger partial charge in [0.2, 0.25) is 5.88 Å². The van der Waals surface area contributed by atoms with Gasteiger partial charge in [0.1, 0.15) is 4.75 Å². The number of hydrogen-bond donors (Lipinski definition) is 1. The van der Waals surface area contributed by atoms with Crippen molar-refractivity contribution in [2.24, 2.45) is 0 Å². The van der Waals surface area contributed by atoms with Crippen LogP contribution in [0.4, 0.5) is 13.2 Å². The number of aromatic nitrogens is 1. The van der Waals surface area contributed by atoms with Crippen LogP contribution in [0.3, 0.4) is 0 Å². The highest BCUT2D eigenvalue weighted by Crippen LogP contribution is 2.30. The van der Waals surface area contributed by atoms with Gasteiger partial charge in [0.25, 0.3) is 0 Å². The van der Waals surface area contributed by atoms with Crippen molar-refractivity contribution in [3.63, 3.8) is 0 Å². The molecule has 8 heteroatoms. The minimum Gasteiger partial charge on any atom is -0.598 e. The van der Waals surface area contributed by atoms with E-state index in [1.807, 2.05) is 26.8 Å². The number of ether oxygens (including phenoxy) is 1. The summed E-state index contributed by atoms with van der Waals surface area (Å²) in [5.74, 6) is 0.474. The number of alkyl halides is 3. The zero-order valence-electron chi connectivity index (χ0n) is 16.3. The van der Waals surface area contributed by atoms with Crippen molar-refractivity contribution in [1.82, 2.24) is 9.71 Å². The molecule has 0 bridgehead atoms. The van der Waals surface area contributed by atoms with Crippen molar-refractivity contribution < 1.29 is 22.5 Å². The summed E-state index contributed by atoms with van der Waals surface area (Å²) in [4.78, 5) is 4.19. The second kappa shape index (κ2) is 9.15. The number of pyridine rings is 1. The first-order valence-corrected chi connectivity index (χ1v) is 10.00. The minimum absolute atomic E-state index is 0.263. The number of halogens is 3. The van der Waals surface area contributed by atoms with Crippen molar-refractivity contribution in [2.75, 3.05) is 7.11 Å². The molecule has 1 aromatic carbocycles. The van der Waals surface area contributed by atoms with E-state index < -0.39 is 27.8 Å². The number of rotatable bonds is 7. The molecule has 0 aliphatic carbocycles. The van der Waals surface area contributed by atoms with Crippen LogP contribution in [0.15, 0.2) is 42.6 Å². The van der Waals surface area contributed by atoms with Crippen LogP contribution in [-0.2, 0) is 24.0 Å². The lowest BCUT2D eigenvalue weighted by atomic mass is 10.00. The summed E-state index contributed by atoms with van der Waals surface area (Å²) in [5, 5.41) is 0. The van der Waals surface area contributed by atoms with Crippen molar-refractivity contribution >= 4 is 11.4 Å². The number of methoxy groups -OCH3 is 1. The molecule has 1 heterocycles. The second-order valence-electron chi connectivity index (χ2n) is 7.42. The lowest BCUT2D eigenvalue weighted by molar-refractivity contribution is -0.137. The molecule has 0 spiro atoms. The van der Waals surface area contributed by atoms with Crippen molar-refractivity contribution in [3.05, 3.63) is 59.3 Å². The molecular weight excluding hydrogens is 389 g/mol. The third kappa shape index (κ3) is 6.39. The molecule has 0 saturated heterocycles. The van der Waals surface area contributed by atoms with Crippen LogP contribution in [0.25, 0.3) is 0 Å². The van der Waals surface area contributed by atoms with Crippen LogP contribution < -0.4 is 9.46 Å². The fraction of sp³-hybridized carbons (Fsp3) is 0.450. The van der Waals surface area contributed by atoms with Crippen molar-refractivity contribution in [3.8, 4) is 5.88 Å². The fourth-order valence-electron chi connectivity index (χ4n) is 2.49. The Morgan fingerprint density at radius 2 is 1.75 bits per heavy atom. The van der Waals surface area contributed by atoms with Gasteiger partial charge in [0.15, 0.2) is 0 Å². The molecule has 28 heavy (non-hydrogen) atoms. The number of nitrogens with one attached hydrogen (secondary N) is 1. The summed E-state index contributed by atoms with van der Waals surface area (Å²) < 4.78 is 58.4. The maximum Gasteiger partial charge on any atom is 0.416 e. The quantitative estimate of drug-likeness (QED) is 0.659. The van der Waals surface area contributed by atoms with Crippen LogP contribution in [-0.4, -0.2) is 21.4 Å². The van der Waals surface area contributed by atoms with Gasteiger partial charge in [-0.2, -0.15) is 13.2 Å². The Morgan fingerprint density at radius 1 is 1.11 bits per heavy atom. The smallest absolute Gasteiger partial charge is 0.416 e. The zero-order chi connectivity index (χ0) is 20.9.